The number of rotatable bonds is 5. The molecule has 37 heavy (non-hydrogen) atoms. The average molecular weight is 531 g/mol. The zero-order valence-corrected chi connectivity index (χ0v) is 20.5. The van der Waals surface area contributed by atoms with Crippen LogP contribution in [0.2, 0.25) is 0 Å². The summed E-state index contributed by atoms with van der Waals surface area (Å²) < 4.78 is 92.5. The number of hydrogen-bond donors (Lipinski definition) is 0. The van der Waals surface area contributed by atoms with Crippen molar-refractivity contribution in [2.75, 3.05) is 6.61 Å². The van der Waals surface area contributed by atoms with Crippen LogP contribution in [0.15, 0.2) is 42.5 Å². The zero-order chi connectivity index (χ0) is 27.1. The molecule has 2 aliphatic rings. The summed E-state index contributed by atoms with van der Waals surface area (Å²) in [7, 11) is 0. The molecule has 1 aliphatic carbocycles. The number of ether oxygens (including phenoxy) is 1. The molecule has 1 atom stereocenters. The average Bonchev–Trinajstić information content (AvgIpc) is 3.26. The summed E-state index contributed by atoms with van der Waals surface area (Å²) in [5.74, 6) is -0.673. The molecular formula is C27H28F6O4. The van der Waals surface area contributed by atoms with E-state index in [9.17, 15) is 31.1 Å². The van der Waals surface area contributed by atoms with Crippen LogP contribution in [0, 0.1) is 0 Å². The first-order valence-electron chi connectivity index (χ1n) is 12.1. The number of carbonyl (C=O) groups is 1. The lowest BCUT2D eigenvalue weighted by atomic mass is 9.59. The van der Waals surface area contributed by atoms with E-state index in [1.54, 1.807) is 30.3 Å². The fourth-order valence-corrected chi connectivity index (χ4v) is 5.78. The van der Waals surface area contributed by atoms with Crippen LogP contribution >= 0.6 is 0 Å². The molecule has 1 unspecified atom stereocenters. The first-order chi connectivity index (χ1) is 17.3. The Morgan fingerprint density at radius 2 is 1.51 bits per heavy atom. The molecular weight excluding hydrogens is 502 g/mol. The predicted molar refractivity (Wildman–Crippen MR) is 121 cm³/mol. The van der Waals surface area contributed by atoms with Crippen molar-refractivity contribution in [1.29, 1.82) is 0 Å². The van der Waals surface area contributed by atoms with Gasteiger partial charge in [-0.25, -0.2) is 9.78 Å². The lowest BCUT2D eigenvalue weighted by Gasteiger charge is -2.46. The smallest absolute Gasteiger partial charge is 0.416 e. The summed E-state index contributed by atoms with van der Waals surface area (Å²) in [6.07, 6.45) is -10.2. The van der Waals surface area contributed by atoms with E-state index < -0.39 is 52.1 Å². The highest BCUT2D eigenvalue weighted by Crippen LogP contribution is 2.56. The molecule has 0 aromatic heterocycles. The molecule has 0 radical (unpaired) electrons. The van der Waals surface area contributed by atoms with Crippen molar-refractivity contribution < 1.29 is 45.6 Å². The summed E-state index contributed by atoms with van der Waals surface area (Å²) in [6.45, 7) is 2.88. The van der Waals surface area contributed by atoms with Gasteiger partial charge in [0.2, 0.25) is 0 Å². The van der Waals surface area contributed by atoms with Gasteiger partial charge in [-0.15, -0.1) is 0 Å². The van der Waals surface area contributed by atoms with Crippen LogP contribution in [0.4, 0.5) is 26.3 Å². The maximum Gasteiger partial charge on any atom is 0.416 e. The molecule has 2 aromatic carbocycles. The minimum Gasteiger partial charge on any atom is -0.463 e. The van der Waals surface area contributed by atoms with Crippen LogP contribution < -0.4 is 0 Å². The van der Waals surface area contributed by atoms with E-state index in [0.29, 0.717) is 18.6 Å². The third-order valence-corrected chi connectivity index (χ3v) is 7.40. The van der Waals surface area contributed by atoms with E-state index >= 15 is 0 Å². The molecule has 2 fully saturated rings. The van der Waals surface area contributed by atoms with E-state index in [1.165, 1.54) is 6.92 Å². The van der Waals surface area contributed by atoms with Crippen LogP contribution in [0.1, 0.15) is 73.8 Å². The number of alkyl halides is 6. The highest BCUT2D eigenvalue weighted by atomic mass is 19.4. The Kier molecular flexibility index (Phi) is 7.38. The molecule has 10 heteroatoms. The number of halogens is 6. The standard InChI is InChI=1S/C27H28F6O4/c1-17(36-18(2)34)14-19-15-21(26(28,29)30)23(22(16-19)27(31,32)33)25(20-6-4-3-5-7-20)10-8-24(9-11-25)12-13-35-37-24/h3-7,15-17H,8-14H2,1-2H3. The molecule has 1 aliphatic heterocycles. The van der Waals surface area contributed by atoms with E-state index in [4.69, 9.17) is 14.5 Å². The van der Waals surface area contributed by atoms with E-state index in [0.717, 1.165) is 19.1 Å². The van der Waals surface area contributed by atoms with Crippen LogP contribution in [0.3, 0.4) is 0 Å². The first kappa shape index (κ1) is 27.4. The second kappa shape index (κ2) is 9.94. The summed E-state index contributed by atoms with van der Waals surface area (Å²) in [6, 6.07) is 9.62. The van der Waals surface area contributed by atoms with Gasteiger partial charge in [0.1, 0.15) is 11.7 Å². The molecule has 1 saturated carbocycles. The van der Waals surface area contributed by atoms with Crippen LogP contribution in [-0.2, 0) is 43.5 Å². The van der Waals surface area contributed by atoms with Crippen LogP contribution in [-0.4, -0.2) is 24.3 Å². The van der Waals surface area contributed by atoms with Gasteiger partial charge in [0.05, 0.1) is 17.7 Å². The normalized spacial score (nSPS) is 25.3. The Morgan fingerprint density at radius 1 is 0.946 bits per heavy atom. The maximum absolute atomic E-state index is 14.6. The Labute approximate surface area is 210 Å². The Bertz CT molecular complexity index is 1070. The quantitative estimate of drug-likeness (QED) is 0.234. The summed E-state index contributed by atoms with van der Waals surface area (Å²) in [5, 5.41) is 0. The van der Waals surface area contributed by atoms with E-state index in [2.05, 4.69) is 0 Å². The molecule has 202 valence electrons. The largest absolute Gasteiger partial charge is 0.463 e. The minimum absolute atomic E-state index is 0.0235. The van der Waals surface area contributed by atoms with Crippen molar-refractivity contribution >= 4 is 5.97 Å². The molecule has 4 rings (SSSR count). The van der Waals surface area contributed by atoms with E-state index in [-0.39, 0.29) is 37.7 Å². The lowest BCUT2D eigenvalue weighted by molar-refractivity contribution is -0.315. The zero-order valence-electron chi connectivity index (χ0n) is 20.5. The van der Waals surface area contributed by atoms with Gasteiger partial charge in [0.25, 0.3) is 0 Å². The highest BCUT2D eigenvalue weighted by Gasteiger charge is 2.53. The van der Waals surface area contributed by atoms with Gasteiger partial charge in [0, 0.05) is 25.2 Å². The molecule has 0 N–H and O–H groups in total. The van der Waals surface area contributed by atoms with Crippen molar-refractivity contribution in [2.24, 2.45) is 0 Å². The minimum atomic E-state index is -5.06. The second-order valence-electron chi connectivity index (χ2n) is 9.97. The Morgan fingerprint density at radius 3 is 1.97 bits per heavy atom. The van der Waals surface area contributed by atoms with Gasteiger partial charge >= 0.3 is 18.3 Å². The van der Waals surface area contributed by atoms with Gasteiger partial charge < -0.3 is 4.74 Å². The fraction of sp³-hybridized carbons (Fsp3) is 0.519. The molecule has 1 heterocycles. The third kappa shape index (κ3) is 5.65. The number of carbonyl (C=O) groups excluding carboxylic acids is 1. The van der Waals surface area contributed by atoms with Crippen LogP contribution in [0.25, 0.3) is 0 Å². The maximum atomic E-state index is 14.6. The monoisotopic (exact) mass is 530 g/mol. The van der Waals surface area contributed by atoms with Gasteiger partial charge in [-0.1, -0.05) is 30.3 Å². The molecule has 1 spiro atoms. The van der Waals surface area contributed by atoms with Crippen molar-refractivity contribution in [1.82, 2.24) is 0 Å². The van der Waals surface area contributed by atoms with Crippen molar-refractivity contribution in [3.8, 4) is 0 Å². The SMILES string of the molecule is CC(=O)OC(C)Cc1cc(C(F)(F)F)c(C2(c3ccccc3)CCC3(CCOO3)CC2)c(C(F)(F)F)c1. The molecule has 0 bridgehead atoms. The Balaban J connectivity index is 1.94. The third-order valence-electron chi connectivity index (χ3n) is 7.40. The lowest BCUT2D eigenvalue weighted by Crippen LogP contribution is -2.43. The summed E-state index contributed by atoms with van der Waals surface area (Å²) in [4.78, 5) is 21.8. The molecule has 4 nitrogen and oxygen atoms in total. The number of hydrogen-bond acceptors (Lipinski definition) is 4. The van der Waals surface area contributed by atoms with Gasteiger partial charge in [-0.2, -0.15) is 26.3 Å². The van der Waals surface area contributed by atoms with Crippen molar-refractivity contribution in [2.45, 2.75) is 81.8 Å². The Hall–Kier alpha value is -2.59. The fourth-order valence-electron chi connectivity index (χ4n) is 5.78. The van der Waals surface area contributed by atoms with E-state index in [1.807, 2.05) is 0 Å². The predicted octanol–water partition coefficient (Wildman–Crippen LogP) is 7.17. The molecule has 1 saturated heterocycles. The highest BCUT2D eigenvalue weighted by molar-refractivity contribution is 5.66. The molecule has 0 amide bonds. The van der Waals surface area contributed by atoms with Crippen molar-refractivity contribution in [3.63, 3.8) is 0 Å². The first-order valence-corrected chi connectivity index (χ1v) is 12.1. The topological polar surface area (TPSA) is 44.8 Å². The second-order valence-corrected chi connectivity index (χ2v) is 9.97. The van der Waals surface area contributed by atoms with Gasteiger partial charge in [-0.3, -0.25) is 4.79 Å². The number of esters is 1. The van der Waals surface area contributed by atoms with Crippen LogP contribution in [0.5, 0.6) is 0 Å². The van der Waals surface area contributed by atoms with Gasteiger partial charge in [-0.05, 0) is 61.4 Å². The van der Waals surface area contributed by atoms with Crippen molar-refractivity contribution in [3.05, 3.63) is 70.3 Å². The molecule has 2 aromatic rings. The summed E-state index contributed by atoms with van der Waals surface area (Å²) >= 11 is 0. The van der Waals surface area contributed by atoms with Gasteiger partial charge in [0.15, 0.2) is 0 Å². The number of benzene rings is 2. The summed E-state index contributed by atoms with van der Waals surface area (Å²) in [5.41, 5.74) is -5.49.